The minimum atomic E-state index is -1.21. The number of esters is 2. The largest absolute Gasteiger partial charge is 0.462 e. The summed E-state index contributed by atoms with van der Waals surface area (Å²) in [5.74, 6) is -7.14. The minimum absolute atomic E-state index is 0.104. The number of carbonyl (C=O) groups is 9. The van der Waals surface area contributed by atoms with Crippen LogP contribution >= 0.6 is 0 Å². The van der Waals surface area contributed by atoms with Gasteiger partial charge in [0.2, 0.25) is 35.4 Å². The summed E-state index contributed by atoms with van der Waals surface area (Å²) in [7, 11) is 7.36. The van der Waals surface area contributed by atoms with Gasteiger partial charge in [-0.15, -0.1) is 0 Å². The average Bonchev–Trinajstić information content (AvgIpc) is 4.06. The van der Waals surface area contributed by atoms with Crippen LogP contribution in [-0.2, 0) is 57.4 Å². The number of amides is 6. The molecule has 0 aromatic rings. The highest BCUT2D eigenvalue weighted by molar-refractivity contribution is 6.07. The summed E-state index contributed by atoms with van der Waals surface area (Å²) in [6.45, 7) is 21.8. The highest BCUT2D eigenvalue weighted by Crippen LogP contribution is 2.30. The molecule has 3 heterocycles. The molecule has 6 amide bonds. The normalized spacial score (nSPS) is 30.9. The number of ether oxygens (including phenoxy) is 3. The SMILES string of the molecule is CCC(C)[C@H]1C(=O)N(C)[C@@H](C(C)C)C(=O)N(C)[C@@H](COC)C(=O)N2CCC[C@H]2C(=O)N(C)[C@@H](C(C)C)C(=O)N2CCC[C@H]2C(=O)O[C@H](C(C)C)CCC[C@@H](O)[C@@H](C)C(=O)O[C@H](C)[C@H](C)CC=C(C)C(=O)CC(=O)N1C. The molecule has 3 aliphatic heterocycles. The lowest BCUT2D eigenvalue weighted by atomic mass is 9.93. The third kappa shape index (κ3) is 16.1. The van der Waals surface area contributed by atoms with Crippen LogP contribution in [-0.4, -0.2) is 197 Å². The van der Waals surface area contributed by atoms with E-state index in [1.807, 2.05) is 48.5 Å². The molecule has 0 saturated carbocycles. The molecule has 3 aliphatic rings. The van der Waals surface area contributed by atoms with Gasteiger partial charge in [-0.3, -0.25) is 38.4 Å². The molecule has 2 saturated heterocycles. The third-order valence-electron chi connectivity index (χ3n) is 16.2. The van der Waals surface area contributed by atoms with Crippen molar-refractivity contribution >= 4 is 53.2 Å². The number of allylic oxidation sites excluding steroid dienone is 2. The topological polar surface area (TPSA) is 221 Å². The Bertz CT molecular complexity index is 2040. The van der Waals surface area contributed by atoms with E-state index in [2.05, 4.69) is 0 Å². The number of hydrogen-bond acceptors (Lipinski definition) is 13. The molecule has 0 aromatic heterocycles. The van der Waals surface area contributed by atoms with Gasteiger partial charge in [-0.2, -0.15) is 0 Å². The van der Waals surface area contributed by atoms with Gasteiger partial charge in [0.1, 0.15) is 48.5 Å². The van der Waals surface area contributed by atoms with E-state index in [-0.39, 0.29) is 38.0 Å². The second kappa shape index (κ2) is 29.0. The smallest absolute Gasteiger partial charge is 0.329 e. The fourth-order valence-corrected chi connectivity index (χ4v) is 10.6. The Morgan fingerprint density at radius 2 is 1.16 bits per heavy atom. The Morgan fingerprint density at radius 1 is 0.627 bits per heavy atom. The number of Topliss-reactive ketones (excluding diaryl/α,β-unsaturated/α-hetero) is 1. The molecule has 0 aliphatic carbocycles. The number of aliphatic hydroxyl groups is 1. The zero-order chi connectivity index (χ0) is 56.9. The van der Waals surface area contributed by atoms with Crippen LogP contribution < -0.4 is 0 Å². The summed E-state index contributed by atoms with van der Waals surface area (Å²) in [6.07, 6.45) is 2.58. The number of rotatable bonds is 7. The maximum Gasteiger partial charge on any atom is 0.329 e. The molecular weight excluding hydrogens is 965 g/mol. The van der Waals surface area contributed by atoms with Crippen LogP contribution in [0.3, 0.4) is 0 Å². The summed E-state index contributed by atoms with van der Waals surface area (Å²) in [5.41, 5.74) is 0.326. The maximum atomic E-state index is 14.8. The van der Waals surface area contributed by atoms with Crippen molar-refractivity contribution in [1.29, 1.82) is 0 Å². The van der Waals surface area contributed by atoms with Crippen molar-refractivity contribution in [2.45, 2.75) is 202 Å². The van der Waals surface area contributed by atoms with Crippen molar-refractivity contribution in [2.24, 2.45) is 35.5 Å². The quantitative estimate of drug-likeness (QED) is 0.266. The molecule has 19 heteroatoms. The molecule has 19 nitrogen and oxygen atoms in total. The number of methoxy groups -OCH3 is 1. The molecule has 1 unspecified atom stereocenters. The van der Waals surface area contributed by atoms with Gasteiger partial charge in [-0.25, -0.2) is 4.79 Å². The molecule has 0 bridgehead atoms. The number of hydrogen-bond donors (Lipinski definition) is 1. The van der Waals surface area contributed by atoms with Crippen LogP contribution in [0.2, 0.25) is 0 Å². The lowest BCUT2D eigenvalue weighted by Crippen LogP contribution is -2.62. The first-order valence-corrected chi connectivity index (χ1v) is 27.5. The van der Waals surface area contributed by atoms with Gasteiger partial charge in [0.15, 0.2) is 5.78 Å². The van der Waals surface area contributed by atoms with Crippen molar-refractivity contribution in [3.8, 4) is 0 Å². The van der Waals surface area contributed by atoms with Gasteiger partial charge in [0, 0.05) is 48.4 Å². The second-order valence-electron chi connectivity index (χ2n) is 22.8. The van der Waals surface area contributed by atoms with Crippen molar-refractivity contribution in [2.75, 3.05) is 55.0 Å². The van der Waals surface area contributed by atoms with Crippen LogP contribution in [0.5, 0.6) is 0 Å². The van der Waals surface area contributed by atoms with E-state index in [1.165, 1.54) is 64.7 Å². The van der Waals surface area contributed by atoms with E-state index >= 15 is 0 Å². The first-order valence-electron chi connectivity index (χ1n) is 27.5. The van der Waals surface area contributed by atoms with Crippen LogP contribution in [0.4, 0.5) is 0 Å². The van der Waals surface area contributed by atoms with Gasteiger partial charge in [-0.05, 0) is 107 Å². The van der Waals surface area contributed by atoms with E-state index in [0.29, 0.717) is 56.9 Å². The number of likely N-dealkylation sites (N-methyl/N-ethyl adjacent to an activating group) is 4. The van der Waals surface area contributed by atoms with Crippen LogP contribution in [0.25, 0.3) is 0 Å². The number of carbonyl (C=O) groups excluding carboxylic acids is 9. The van der Waals surface area contributed by atoms with Crippen molar-refractivity contribution in [3.05, 3.63) is 11.6 Å². The predicted molar refractivity (Wildman–Crippen MR) is 283 cm³/mol. The molecule has 12 atom stereocenters. The number of aliphatic hydroxyl groups excluding tert-OH is 1. The zero-order valence-electron chi connectivity index (χ0n) is 48.5. The highest BCUT2D eigenvalue weighted by Gasteiger charge is 2.47. The van der Waals surface area contributed by atoms with Crippen LogP contribution in [0, 0.1) is 35.5 Å². The first-order chi connectivity index (χ1) is 35.0. The van der Waals surface area contributed by atoms with Gasteiger partial charge < -0.3 is 48.7 Å². The molecule has 75 heavy (non-hydrogen) atoms. The first kappa shape index (κ1) is 64.4. The molecule has 426 valence electrons. The molecule has 0 spiro atoms. The molecule has 3 rings (SSSR count). The van der Waals surface area contributed by atoms with Crippen molar-refractivity contribution in [1.82, 2.24) is 29.4 Å². The fourth-order valence-electron chi connectivity index (χ4n) is 10.6. The average molecular weight is 1060 g/mol. The lowest BCUT2D eigenvalue weighted by Gasteiger charge is -2.41. The van der Waals surface area contributed by atoms with Crippen LogP contribution in [0.15, 0.2) is 11.6 Å². The Morgan fingerprint density at radius 3 is 1.71 bits per heavy atom. The lowest BCUT2D eigenvalue weighted by molar-refractivity contribution is -0.163. The number of ketones is 1. The molecule has 1 N–H and O–H groups in total. The Kier molecular flexibility index (Phi) is 24.9. The molecule has 0 radical (unpaired) electrons. The molecule has 0 aromatic carbocycles. The van der Waals surface area contributed by atoms with Gasteiger partial charge in [-0.1, -0.05) is 74.8 Å². The summed E-state index contributed by atoms with van der Waals surface area (Å²) < 4.78 is 17.4. The zero-order valence-corrected chi connectivity index (χ0v) is 48.5. The van der Waals surface area contributed by atoms with Gasteiger partial charge in [0.05, 0.1) is 25.0 Å². The van der Waals surface area contributed by atoms with E-state index in [0.717, 1.165) is 0 Å². The Hall–Kier alpha value is -4.91. The monoisotopic (exact) mass is 1060 g/mol. The third-order valence-corrected chi connectivity index (χ3v) is 16.2. The Balaban J connectivity index is 2.08. The summed E-state index contributed by atoms with van der Waals surface area (Å²) in [5, 5.41) is 11.1. The number of nitrogens with zero attached hydrogens (tertiary/aromatic N) is 6. The molecule has 2 fully saturated rings. The van der Waals surface area contributed by atoms with E-state index < -0.39 is 138 Å². The standard InChI is InChI=1S/C56H94N6O13/c1-18-35(8)49-53(69)60(16)47(33(4)5)52(68)57(13)42(31-73-17)51(67)61-28-20-22-40(61)50(66)59(15)48(34(6)7)54(70)62-29-21-23-41(62)56(72)75-45(32(2)3)25-19-24-43(63)38(11)55(71)74-39(12)36(9)26-27-37(10)44(64)30-46(65)58(49)14/h27,32-36,38-43,45,47-49,63H,18-26,28-31H2,1-17H3/t35?,36-,38-,39-,40+,41+,42+,43-,45+,47+,48+,49+/m1/s1. The van der Waals surface area contributed by atoms with Gasteiger partial charge in [0.25, 0.3) is 0 Å². The number of fused-ring (bicyclic) bond motifs is 2. The van der Waals surface area contributed by atoms with E-state index in [4.69, 9.17) is 14.2 Å². The second-order valence-corrected chi connectivity index (χ2v) is 22.8. The highest BCUT2D eigenvalue weighted by atomic mass is 16.6. The summed E-state index contributed by atoms with van der Waals surface area (Å²) in [4.78, 5) is 136. The Labute approximate surface area is 447 Å². The summed E-state index contributed by atoms with van der Waals surface area (Å²) >= 11 is 0. The van der Waals surface area contributed by atoms with Crippen LogP contribution in [0.1, 0.15) is 147 Å². The van der Waals surface area contributed by atoms with E-state index in [1.54, 1.807) is 40.7 Å². The molecular formula is C56H94N6O13. The minimum Gasteiger partial charge on any atom is -0.462 e. The van der Waals surface area contributed by atoms with E-state index in [9.17, 15) is 48.3 Å². The predicted octanol–water partition coefficient (Wildman–Crippen LogP) is 4.89. The van der Waals surface area contributed by atoms with Crippen molar-refractivity contribution in [3.63, 3.8) is 0 Å². The summed E-state index contributed by atoms with van der Waals surface area (Å²) in [6, 6.07) is -6.23. The van der Waals surface area contributed by atoms with Gasteiger partial charge >= 0.3 is 11.9 Å². The maximum absolute atomic E-state index is 14.8. The van der Waals surface area contributed by atoms with Crippen molar-refractivity contribution < 1.29 is 62.5 Å². The number of cyclic esters (lactones) is 2. The fraction of sp³-hybridized carbons (Fsp3) is 0.804.